The van der Waals surface area contributed by atoms with Crippen LogP contribution >= 0.6 is 11.3 Å². The number of carbonyl (C=O) groups is 1. The molecule has 0 saturated heterocycles. The zero-order chi connectivity index (χ0) is 22.1. The first-order chi connectivity index (χ1) is 14.0. The van der Waals surface area contributed by atoms with Crippen LogP contribution in [0.15, 0.2) is 52.4 Å². The lowest BCUT2D eigenvalue weighted by Crippen LogP contribution is -2.44. The fraction of sp³-hybridized carbons (Fsp3) is 0.333. The number of nitrogens with zero attached hydrogens (tertiary/aromatic N) is 2. The van der Waals surface area contributed by atoms with Crippen molar-refractivity contribution < 1.29 is 18.3 Å². The molecule has 1 atom stereocenters. The fourth-order valence-corrected chi connectivity index (χ4v) is 5.40. The average molecular weight is 448 g/mol. The summed E-state index contributed by atoms with van der Waals surface area (Å²) in [6, 6.07) is 4.53. The van der Waals surface area contributed by atoms with Crippen molar-refractivity contribution in [3.05, 3.63) is 58.7 Å². The summed E-state index contributed by atoms with van der Waals surface area (Å²) >= 11 is 1.50. The summed E-state index contributed by atoms with van der Waals surface area (Å²) in [4.78, 5) is 15.3. The molecule has 160 valence electrons. The second-order valence-electron chi connectivity index (χ2n) is 8.26. The number of nitrogens with one attached hydrogen (secondary N) is 1. The summed E-state index contributed by atoms with van der Waals surface area (Å²) in [5.41, 5.74) is 2.74. The van der Waals surface area contributed by atoms with Crippen LogP contribution in [0.1, 0.15) is 31.9 Å². The van der Waals surface area contributed by atoms with E-state index in [1.165, 1.54) is 33.8 Å². The predicted octanol–water partition coefficient (Wildman–Crippen LogP) is 4.38. The molecule has 0 spiro atoms. The van der Waals surface area contributed by atoms with Gasteiger partial charge in [0, 0.05) is 35.6 Å². The second kappa shape index (κ2) is 8.23. The zero-order valence-corrected chi connectivity index (χ0v) is 18.9. The number of aromatic nitrogens is 2. The summed E-state index contributed by atoms with van der Waals surface area (Å²) in [7, 11) is -3.86. The van der Waals surface area contributed by atoms with Crippen molar-refractivity contribution in [3.63, 3.8) is 0 Å². The molecular formula is C21H25N3O4S2. The quantitative estimate of drug-likeness (QED) is 0.584. The molecule has 2 N–H and O–H groups in total. The molecule has 0 aliphatic heterocycles. The summed E-state index contributed by atoms with van der Waals surface area (Å²) in [5.74, 6) is 0. The van der Waals surface area contributed by atoms with Crippen LogP contribution in [0.2, 0.25) is 0 Å². The summed E-state index contributed by atoms with van der Waals surface area (Å²) in [6.07, 6.45) is 3.68. The first kappa shape index (κ1) is 22.0. The minimum absolute atomic E-state index is 0.0947. The van der Waals surface area contributed by atoms with Gasteiger partial charge in [0.05, 0.1) is 5.69 Å². The molecule has 0 radical (unpaired) electrons. The fourth-order valence-electron chi connectivity index (χ4n) is 3.20. The van der Waals surface area contributed by atoms with E-state index in [1.807, 2.05) is 44.5 Å². The van der Waals surface area contributed by atoms with Crippen molar-refractivity contribution in [2.45, 2.75) is 45.1 Å². The van der Waals surface area contributed by atoms with Gasteiger partial charge in [0.25, 0.3) is 10.0 Å². The molecular weight excluding hydrogens is 422 g/mol. The Morgan fingerprint density at radius 1 is 1.33 bits per heavy atom. The Hall–Kier alpha value is -2.65. The highest BCUT2D eigenvalue weighted by atomic mass is 32.2. The summed E-state index contributed by atoms with van der Waals surface area (Å²) in [5, 5.41) is 15.7. The third-order valence-corrected chi connectivity index (χ3v) is 7.47. The Balaban J connectivity index is 2.12. The number of hydrogen-bond donors (Lipinski definition) is 2. The summed E-state index contributed by atoms with van der Waals surface area (Å²) in [6.45, 7) is 7.77. The number of amides is 1. The SMILES string of the molecule is Cc1cscc1-c1cc(CC(NC(=O)O)C(C)(C)C)cn1S(=O)(=O)c1cccnc1. The molecule has 1 unspecified atom stereocenters. The number of pyridine rings is 1. The van der Waals surface area contributed by atoms with E-state index < -0.39 is 16.1 Å². The Kier molecular flexibility index (Phi) is 6.05. The Labute approximate surface area is 180 Å². The van der Waals surface area contributed by atoms with Crippen molar-refractivity contribution in [1.82, 2.24) is 14.3 Å². The van der Waals surface area contributed by atoms with E-state index >= 15 is 0 Å². The Morgan fingerprint density at radius 2 is 2.07 bits per heavy atom. The third kappa shape index (κ3) is 4.57. The maximum atomic E-state index is 13.4. The molecule has 0 aromatic carbocycles. The van der Waals surface area contributed by atoms with Crippen LogP contribution < -0.4 is 5.32 Å². The van der Waals surface area contributed by atoms with Gasteiger partial charge in [0.15, 0.2) is 0 Å². The maximum absolute atomic E-state index is 13.4. The highest BCUT2D eigenvalue weighted by Gasteiger charge is 2.29. The number of thiophene rings is 1. The van der Waals surface area contributed by atoms with Crippen molar-refractivity contribution >= 4 is 27.5 Å². The molecule has 0 aliphatic carbocycles. The monoisotopic (exact) mass is 447 g/mol. The van der Waals surface area contributed by atoms with Crippen LogP contribution in [0, 0.1) is 12.3 Å². The van der Waals surface area contributed by atoms with Gasteiger partial charge in [-0.3, -0.25) is 4.98 Å². The lowest BCUT2D eigenvalue weighted by molar-refractivity contribution is 0.174. The Morgan fingerprint density at radius 3 is 2.60 bits per heavy atom. The molecule has 0 bridgehead atoms. The van der Waals surface area contributed by atoms with Crippen LogP contribution in [0.5, 0.6) is 0 Å². The predicted molar refractivity (Wildman–Crippen MR) is 117 cm³/mol. The summed E-state index contributed by atoms with van der Waals surface area (Å²) < 4.78 is 28.0. The van der Waals surface area contributed by atoms with Crippen LogP contribution in [0.25, 0.3) is 11.3 Å². The first-order valence-corrected chi connectivity index (χ1v) is 11.8. The highest BCUT2D eigenvalue weighted by molar-refractivity contribution is 7.90. The van der Waals surface area contributed by atoms with E-state index in [0.29, 0.717) is 12.1 Å². The Bertz CT molecular complexity index is 1140. The molecule has 0 fully saturated rings. The molecule has 0 saturated carbocycles. The van der Waals surface area contributed by atoms with Gasteiger partial charge < -0.3 is 10.4 Å². The largest absolute Gasteiger partial charge is 0.465 e. The molecule has 3 heterocycles. The van der Waals surface area contributed by atoms with Crippen LogP contribution in [0.4, 0.5) is 4.79 Å². The van der Waals surface area contributed by atoms with E-state index in [9.17, 15) is 18.3 Å². The lowest BCUT2D eigenvalue weighted by Gasteiger charge is -2.30. The van der Waals surface area contributed by atoms with Gasteiger partial charge in [-0.1, -0.05) is 20.8 Å². The lowest BCUT2D eigenvalue weighted by atomic mass is 9.83. The van der Waals surface area contributed by atoms with Crippen molar-refractivity contribution in [3.8, 4) is 11.3 Å². The molecule has 0 aliphatic rings. The minimum atomic E-state index is -3.86. The number of carboxylic acid groups (broad SMARTS) is 1. The smallest absolute Gasteiger partial charge is 0.404 e. The molecule has 1 amide bonds. The van der Waals surface area contributed by atoms with E-state index in [0.717, 1.165) is 16.7 Å². The number of hydrogen-bond acceptors (Lipinski definition) is 5. The second-order valence-corrected chi connectivity index (χ2v) is 10.8. The van der Waals surface area contributed by atoms with Crippen molar-refractivity contribution in [2.75, 3.05) is 0 Å². The van der Waals surface area contributed by atoms with E-state index in [-0.39, 0.29) is 16.4 Å². The average Bonchev–Trinajstić information content (AvgIpc) is 3.27. The van der Waals surface area contributed by atoms with Gasteiger partial charge in [-0.05, 0) is 53.5 Å². The standard InChI is InChI=1S/C21H25N3O4S2/c1-14-12-29-13-17(14)18-8-15(9-19(21(2,3)4)23-20(25)26)11-24(18)30(27,28)16-6-5-7-22-10-16/h5-8,10-13,19,23H,9H2,1-4H3,(H,25,26). The molecule has 9 heteroatoms. The van der Waals surface area contributed by atoms with Crippen molar-refractivity contribution in [2.24, 2.45) is 5.41 Å². The molecule has 3 aromatic heterocycles. The topological polar surface area (TPSA) is 101 Å². The van der Waals surface area contributed by atoms with Crippen LogP contribution in [0.3, 0.4) is 0 Å². The van der Waals surface area contributed by atoms with Gasteiger partial charge >= 0.3 is 6.09 Å². The first-order valence-electron chi connectivity index (χ1n) is 9.39. The maximum Gasteiger partial charge on any atom is 0.404 e. The zero-order valence-electron chi connectivity index (χ0n) is 17.3. The van der Waals surface area contributed by atoms with Gasteiger partial charge in [0.2, 0.25) is 0 Å². The minimum Gasteiger partial charge on any atom is -0.465 e. The van der Waals surface area contributed by atoms with E-state index in [2.05, 4.69) is 10.3 Å². The third-order valence-electron chi connectivity index (χ3n) is 4.95. The van der Waals surface area contributed by atoms with Crippen LogP contribution in [-0.4, -0.2) is 34.6 Å². The molecule has 7 nitrogen and oxygen atoms in total. The van der Waals surface area contributed by atoms with Crippen LogP contribution in [-0.2, 0) is 16.4 Å². The molecule has 3 aromatic rings. The van der Waals surface area contributed by atoms with E-state index in [4.69, 9.17) is 0 Å². The number of rotatable bonds is 6. The van der Waals surface area contributed by atoms with Gasteiger partial charge in [-0.25, -0.2) is 17.2 Å². The van der Waals surface area contributed by atoms with Gasteiger partial charge in [-0.15, -0.1) is 0 Å². The van der Waals surface area contributed by atoms with Gasteiger partial charge in [0.1, 0.15) is 4.90 Å². The highest BCUT2D eigenvalue weighted by Crippen LogP contribution is 2.33. The normalized spacial score (nSPS) is 13.2. The van der Waals surface area contributed by atoms with Gasteiger partial charge in [-0.2, -0.15) is 11.3 Å². The van der Waals surface area contributed by atoms with E-state index in [1.54, 1.807) is 12.3 Å². The number of aryl methyl sites for hydroxylation is 1. The molecule has 30 heavy (non-hydrogen) atoms. The molecule has 3 rings (SSSR count). The van der Waals surface area contributed by atoms with Crippen molar-refractivity contribution in [1.29, 1.82) is 0 Å².